The largest absolute Gasteiger partial charge is 0.330 e. The Bertz CT molecular complexity index is 502. The molecule has 0 saturated carbocycles. The van der Waals surface area contributed by atoms with Crippen molar-refractivity contribution < 1.29 is 0 Å². The summed E-state index contributed by atoms with van der Waals surface area (Å²) in [5.41, 5.74) is 9.86. The lowest BCUT2D eigenvalue weighted by atomic mass is 9.90. The van der Waals surface area contributed by atoms with Gasteiger partial charge in [0.15, 0.2) is 0 Å². The Kier molecular flexibility index (Phi) is 4.15. The van der Waals surface area contributed by atoms with E-state index in [1.807, 2.05) is 10.9 Å². The van der Waals surface area contributed by atoms with Gasteiger partial charge in [0.1, 0.15) is 0 Å². The van der Waals surface area contributed by atoms with E-state index in [-0.39, 0.29) is 0 Å². The number of hydrogen-bond donors (Lipinski definition) is 1. The maximum Gasteiger partial charge on any atom is 0.0521 e. The summed E-state index contributed by atoms with van der Waals surface area (Å²) in [7, 11) is 0. The van der Waals surface area contributed by atoms with E-state index in [2.05, 4.69) is 49.4 Å². The molecule has 1 aromatic carbocycles. The Labute approximate surface area is 109 Å². The highest BCUT2D eigenvalue weighted by Crippen LogP contribution is 2.22. The lowest BCUT2D eigenvalue weighted by molar-refractivity contribution is 0.655. The van der Waals surface area contributed by atoms with Gasteiger partial charge in [-0.15, -0.1) is 0 Å². The summed E-state index contributed by atoms with van der Waals surface area (Å²) < 4.78 is 1.96. The van der Waals surface area contributed by atoms with Crippen LogP contribution in [0.2, 0.25) is 0 Å². The van der Waals surface area contributed by atoms with Gasteiger partial charge in [-0.25, -0.2) is 0 Å². The van der Waals surface area contributed by atoms with Gasteiger partial charge < -0.3 is 5.73 Å². The molecule has 96 valence electrons. The Morgan fingerprint density at radius 2 is 2.11 bits per heavy atom. The maximum atomic E-state index is 5.93. The van der Waals surface area contributed by atoms with Gasteiger partial charge in [0, 0.05) is 18.7 Å². The van der Waals surface area contributed by atoms with Crippen LogP contribution in [-0.2, 0) is 13.0 Å². The fraction of sp³-hybridized carbons (Fsp3) is 0.400. The maximum absolute atomic E-state index is 5.93. The van der Waals surface area contributed by atoms with E-state index >= 15 is 0 Å². The van der Waals surface area contributed by atoms with Crippen LogP contribution in [-0.4, -0.2) is 16.3 Å². The summed E-state index contributed by atoms with van der Waals surface area (Å²) in [5, 5.41) is 4.31. The number of aromatic nitrogens is 2. The molecule has 0 fully saturated rings. The molecule has 0 radical (unpaired) electrons. The Balaban J connectivity index is 2.17. The monoisotopic (exact) mass is 243 g/mol. The fourth-order valence-electron chi connectivity index (χ4n) is 2.33. The zero-order valence-electron chi connectivity index (χ0n) is 11.1. The van der Waals surface area contributed by atoms with Crippen LogP contribution in [0.5, 0.6) is 0 Å². The standard InChI is InChI=1S/C15H21N3/c1-3-18-11-13(10-17-18)8-14(9-16)15-7-5-4-6-12(15)2/h4-7,10-11,14H,3,8-9,16H2,1-2H3. The van der Waals surface area contributed by atoms with E-state index in [9.17, 15) is 0 Å². The van der Waals surface area contributed by atoms with Crippen LogP contribution in [0.25, 0.3) is 0 Å². The van der Waals surface area contributed by atoms with Gasteiger partial charge in [0.2, 0.25) is 0 Å². The second-order valence-corrected chi connectivity index (χ2v) is 4.70. The number of hydrogen-bond acceptors (Lipinski definition) is 2. The highest BCUT2D eigenvalue weighted by Gasteiger charge is 2.13. The van der Waals surface area contributed by atoms with Crippen molar-refractivity contribution in [1.29, 1.82) is 0 Å². The van der Waals surface area contributed by atoms with E-state index in [1.165, 1.54) is 16.7 Å². The molecule has 2 aromatic rings. The number of aryl methyl sites for hydroxylation is 2. The molecule has 2 rings (SSSR count). The quantitative estimate of drug-likeness (QED) is 0.877. The average molecular weight is 243 g/mol. The van der Waals surface area contributed by atoms with Crippen LogP contribution in [0, 0.1) is 6.92 Å². The summed E-state index contributed by atoms with van der Waals surface area (Å²) in [6.45, 7) is 5.83. The van der Waals surface area contributed by atoms with Gasteiger partial charge in [-0.2, -0.15) is 5.10 Å². The first-order valence-electron chi connectivity index (χ1n) is 6.51. The van der Waals surface area contributed by atoms with Gasteiger partial charge in [0.25, 0.3) is 0 Å². The highest BCUT2D eigenvalue weighted by molar-refractivity contribution is 5.30. The normalized spacial score (nSPS) is 12.6. The topological polar surface area (TPSA) is 43.8 Å². The molecule has 3 heteroatoms. The molecule has 1 aromatic heterocycles. The summed E-state index contributed by atoms with van der Waals surface area (Å²) in [6.07, 6.45) is 5.02. The number of nitrogens with two attached hydrogens (primary N) is 1. The van der Waals surface area contributed by atoms with Gasteiger partial charge in [0.05, 0.1) is 6.20 Å². The van der Waals surface area contributed by atoms with Crippen molar-refractivity contribution in [3.05, 3.63) is 53.3 Å². The fourth-order valence-corrected chi connectivity index (χ4v) is 2.33. The first kappa shape index (κ1) is 12.8. The highest BCUT2D eigenvalue weighted by atomic mass is 15.3. The second kappa shape index (κ2) is 5.83. The Morgan fingerprint density at radius 1 is 1.33 bits per heavy atom. The minimum absolute atomic E-state index is 0.376. The minimum atomic E-state index is 0.376. The van der Waals surface area contributed by atoms with Crippen molar-refractivity contribution in [2.75, 3.05) is 6.54 Å². The SMILES string of the molecule is CCn1cc(CC(CN)c2ccccc2C)cn1. The molecular formula is C15H21N3. The summed E-state index contributed by atoms with van der Waals surface area (Å²) >= 11 is 0. The van der Waals surface area contributed by atoms with Crippen molar-refractivity contribution >= 4 is 0 Å². The van der Waals surface area contributed by atoms with Gasteiger partial charge in [-0.3, -0.25) is 4.68 Å². The zero-order chi connectivity index (χ0) is 13.0. The van der Waals surface area contributed by atoms with Gasteiger partial charge in [-0.05, 0) is 43.5 Å². The first-order valence-corrected chi connectivity index (χ1v) is 6.51. The van der Waals surface area contributed by atoms with Crippen LogP contribution in [0.3, 0.4) is 0 Å². The molecule has 1 atom stereocenters. The third-order valence-corrected chi connectivity index (χ3v) is 3.41. The number of benzene rings is 1. The van der Waals surface area contributed by atoms with E-state index in [1.54, 1.807) is 0 Å². The Hall–Kier alpha value is -1.61. The molecule has 0 bridgehead atoms. The van der Waals surface area contributed by atoms with Crippen LogP contribution >= 0.6 is 0 Å². The number of nitrogens with zero attached hydrogens (tertiary/aromatic N) is 2. The summed E-state index contributed by atoms with van der Waals surface area (Å²) in [4.78, 5) is 0. The van der Waals surface area contributed by atoms with E-state index in [0.717, 1.165) is 13.0 Å². The molecule has 0 aliphatic rings. The van der Waals surface area contributed by atoms with Gasteiger partial charge in [-0.1, -0.05) is 24.3 Å². The Morgan fingerprint density at radius 3 is 2.72 bits per heavy atom. The molecule has 0 saturated heterocycles. The van der Waals surface area contributed by atoms with E-state index in [0.29, 0.717) is 12.5 Å². The molecule has 1 unspecified atom stereocenters. The average Bonchev–Trinajstić information content (AvgIpc) is 2.85. The molecule has 2 N–H and O–H groups in total. The van der Waals surface area contributed by atoms with Gasteiger partial charge >= 0.3 is 0 Å². The number of rotatable bonds is 5. The van der Waals surface area contributed by atoms with Crippen LogP contribution in [0.1, 0.15) is 29.5 Å². The summed E-state index contributed by atoms with van der Waals surface area (Å²) in [6, 6.07) is 8.48. The van der Waals surface area contributed by atoms with Crippen molar-refractivity contribution in [2.24, 2.45) is 5.73 Å². The lowest BCUT2D eigenvalue weighted by Gasteiger charge is -2.16. The zero-order valence-corrected chi connectivity index (χ0v) is 11.1. The smallest absolute Gasteiger partial charge is 0.0521 e. The van der Waals surface area contributed by atoms with Crippen molar-refractivity contribution in [3.63, 3.8) is 0 Å². The molecule has 0 amide bonds. The predicted octanol–water partition coefficient (Wildman–Crippen LogP) is 2.50. The second-order valence-electron chi connectivity index (χ2n) is 4.70. The first-order chi connectivity index (χ1) is 8.74. The predicted molar refractivity (Wildman–Crippen MR) is 74.6 cm³/mol. The molecule has 1 heterocycles. The van der Waals surface area contributed by atoms with Crippen LogP contribution in [0.4, 0.5) is 0 Å². The molecule has 0 spiro atoms. The van der Waals surface area contributed by atoms with Crippen molar-refractivity contribution in [3.8, 4) is 0 Å². The molecule has 0 aliphatic carbocycles. The van der Waals surface area contributed by atoms with Crippen molar-refractivity contribution in [2.45, 2.75) is 32.7 Å². The third-order valence-electron chi connectivity index (χ3n) is 3.41. The minimum Gasteiger partial charge on any atom is -0.330 e. The molecule has 3 nitrogen and oxygen atoms in total. The van der Waals surface area contributed by atoms with E-state index in [4.69, 9.17) is 5.73 Å². The molecular weight excluding hydrogens is 222 g/mol. The van der Waals surface area contributed by atoms with Crippen molar-refractivity contribution in [1.82, 2.24) is 9.78 Å². The summed E-state index contributed by atoms with van der Waals surface area (Å²) in [5.74, 6) is 0.376. The molecule has 0 aliphatic heterocycles. The van der Waals surface area contributed by atoms with Crippen LogP contribution < -0.4 is 5.73 Å². The van der Waals surface area contributed by atoms with Crippen LogP contribution in [0.15, 0.2) is 36.7 Å². The van der Waals surface area contributed by atoms with E-state index < -0.39 is 0 Å². The third kappa shape index (κ3) is 2.79. The molecule has 18 heavy (non-hydrogen) atoms. The lowest BCUT2D eigenvalue weighted by Crippen LogP contribution is -2.15.